The van der Waals surface area contributed by atoms with Gasteiger partial charge < -0.3 is 15.2 Å². The van der Waals surface area contributed by atoms with E-state index in [1.165, 1.54) is 12.1 Å². The van der Waals surface area contributed by atoms with E-state index in [-0.39, 0.29) is 22.9 Å². The zero-order valence-electron chi connectivity index (χ0n) is 13.5. The molecule has 22 heavy (non-hydrogen) atoms. The van der Waals surface area contributed by atoms with Gasteiger partial charge in [0.15, 0.2) is 0 Å². The van der Waals surface area contributed by atoms with Gasteiger partial charge in [-0.2, -0.15) is 0 Å². The zero-order valence-corrected chi connectivity index (χ0v) is 13.5. The highest BCUT2D eigenvalue weighted by Gasteiger charge is 2.45. The van der Waals surface area contributed by atoms with Gasteiger partial charge in [-0.15, -0.1) is 0 Å². The smallest absolute Gasteiger partial charge is 0.269 e. The molecule has 1 aliphatic heterocycles. The van der Waals surface area contributed by atoms with Crippen LogP contribution in [0.25, 0.3) is 0 Å². The molecule has 1 aliphatic rings. The van der Waals surface area contributed by atoms with Crippen LogP contribution in [0.1, 0.15) is 45.8 Å². The molecular weight excluding hydrogens is 284 g/mol. The average molecular weight is 308 g/mol. The van der Waals surface area contributed by atoms with E-state index in [4.69, 9.17) is 4.74 Å². The topological polar surface area (TPSA) is 84.6 Å². The maximum Gasteiger partial charge on any atom is 0.269 e. The second-order valence-electron chi connectivity index (χ2n) is 7.00. The van der Waals surface area contributed by atoms with Gasteiger partial charge >= 0.3 is 0 Å². The fraction of sp³-hybridized carbons (Fsp3) is 0.625. The summed E-state index contributed by atoms with van der Waals surface area (Å²) >= 11 is 0. The first kappa shape index (κ1) is 16.9. The number of nitro groups is 1. The SMILES string of the molecule is CC1(C)C[C@H](NC[C@H](O)c2cccc([N+](=O)[O-])c2)C(C)(C)O1. The number of hydrogen-bond acceptors (Lipinski definition) is 5. The van der Waals surface area contributed by atoms with E-state index in [9.17, 15) is 15.2 Å². The maximum absolute atomic E-state index is 10.8. The minimum absolute atomic E-state index is 0.0118. The summed E-state index contributed by atoms with van der Waals surface area (Å²) in [6.07, 6.45) is 0.0567. The van der Waals surface area contributed by atoms with Crippen molar-refractivity contribution in [2.24, 2.45) is 0 Å². The molecule has 1 aromatic carbocycles. The van der Waals surface area contributed by atoms with Gasteiger partial charge in [0.2, 0.25) is 0 Å². The van der Waals surface area contributed by atoms with Crippen LogP contribution in [0.15, 0.2) is 24.3 Å². The number of benzene rings is 1. The van der Waals surface area contributed by atoms with Crippen molar-refractivity contribution in [1.82, 2.24) is 5.32 Å². The quantitative estimate of drug-likeness (QED) is 0.645. The van der Waals surface area contributed by atoms with Crippen molar-refractivity contribution < 1.29 is 14.8 Å². The highest BCUT2D eigenvalue weighted by atomic mass is 16.6. The van der Waals surface area contributed by atoms with Gasteiger partial charge in [-0.25, -0.2) is 0 Å². The molecule has 2 rings (SSSR count). The summed E-state index contributed by atoms with van der Waals surface area (Å²) in [5, 5.41) is 24.4. The number of ether oxygens (including phenoxy) is 1. The van der Waals surface area contributed by atoms with Gasteiger partial charge in [0.1, 0.15) is 0 Å². The van der Waals surface area contributed by atoms with Crippen LogP contribution in [0, 0.1) is 10.1 Å². The van der Waals surface area contributed by atoms with Crippen molar-refractivity contribution in [3.63, 3.8) is 0 Å². The van der Waals surface area contributed by atoms with Gasteiger partial charge in [0, 0.05) is 24.7 Å². The average Bonchev–Trinajstić information content (AvgIpc) is 2.63. The number of nitrogens with one attached hydrogen (secondary N) is 1. The summed E-state index contributed by atoms with van der Waals surface area (Å²) < 4.78 is 6.00. The van der Waals surface area contributed by atoms with E-state index in [0.29, 0.717) is 12.1 Å². The Bertz CT molecular complexity index is 557. The Morgan fingerprint density at radius 1 is 1.45 bits per heavy atom. The van der Waals surface area contributed by atoms with Crippen molar-refractivity contribution in [2.45, 2.75) is 57.5 Å². The molecule has 0 bridgehead atoms. The second kappa shape index (κ2) is 5.95. The molecule has 0 saturated carbocycles. The van der Waals surface area contributed by atoms with E-state index >= 15 is 0 Å². The lowest BCUT2D eigenvalue weighted by molar-refractivity contribution is -0.385. The predicted octanol–water partition coefficient (Wildman–Crippen LogP) is 2.56. The molecule has 0 radical (unpaired) electrons. The van der Waals surface area contributed by atoms with E-state index < -0.39 is 11.0 Å². The van der Waals surface area contributed by atoms with E-state index in [1.807, 2.05) is 27.7 Å². The van der Waals surface area contributed by atoms with Crippen molar-refractivity contribution in [3.05, 3.63) is 39.9 Å². The van der Waals surface area contributed by atoms with Crippen LogP contribution in [0.5, 0.6) is 0 Å². The molecule has 0 unspecified atom stereocenters. The van der Waals surface area contributed by atoms with Crippen molar-refractivity contribution in [1.29, 1.82) is 0 Å². The zero-order chi connectivity index (χ0) is 16.5. The molecule has 0 aliphatic carbocycles. The minimum atomic E-state index is -0.792. The van der Waals surface area contributed by atoms with Gasteiger partial charge in [0.25, 0.3) is 5.69 Å². The van der Waals surface area contributed by atoms with Crippen molar-refractivity contribution in [2.75, 3.05) is 6.54 Å². The largest absolute Gasteiger partial charge is 0.387 e. The highest BCUT2D eigenvalue weighted by Crippen LogP contribution is 2.37. The second-order valence-corrected chi connectivity index (χ2v) is 7.00. The van der Waals surface area contributed by atoms with Crippen LogP contribution in [-0.2, 0) is 4.74 Å². The Balaban J connectivity index is 2.00. The molecule has 1 saturated heterocycles. The Morgan fingerprint density at radius 3 is 2.68 bits per heavy atom. The van der Waals surface area contributed by atoms with Crippen LogP contribution in [0.4, 0.5) is 5.69 Å². The summed E-state index contributed by atoms with van der Waals surface area (Å²) in [7, 11) is 0. The molecule has 0 amide bonds. The number of aliphatic hydroxyl groups is 1. The molecule has 6 heteroatoms. The molecule has 2 atom stereocenters. The Kier molecular flexibility index (Phi) is 4.56. The lowest BCUT2D eigenvalue weighted by Gasteiger charge is -2.28. The molecule has 122 valence electrons. The first-order valence-corrected chi connectivity index (χ1v) is 7.47. The van der Waals surface area contributed by atoms with Crippen molar-refractivity contribution >= 4 is 5.69 Å². The van der Waals surface area contributed by atoms with Gasteiger partial charge in [-0.05, 0) is 39.7 Å². The monoisotopic (exact) mass is 308 g/mol. The number of hydrogen-bond donors (Lipinski definition) is 2. The fourth-order valence-corrected chi connectivity index (χ4v) is 3.10. The third-order valence-electron chi connectivity index (χ3n) is 4.10. The Morgan fingerprint density at radius 2 is 2.14 bits per heavy atom. The molecule has 1 aromatic rings. The molecule has 6 nitrogen and oxygen atoms in total. The standard InChI is InChI=1S/C16H24N2O4/c1-15(2)9-14(16(3,4)22-15)17-10-13(19)11-6-5-7-12(8-11)18(20)21/h5-8,13-14,17,19H,9-10H2,1-4H3/t13-,14-/m0/s1. The van der Waals surface area contributed by atoms with E-state index in [0.717, 1.165) is 6.42 Å². The summed E-state index contributed by atoms with van der Waals surface area (Å²) in [6.45, 7) is 8.48. The normalized spacial score (nSPS) is 24.1. The highest BCUT2D eigenvalue weighted by molar-refractivity contribution is 5.35. The fourth-order valence-electron chi connectivity index (χ4n) is 3.10. The molecule has 1 heterocycles. The lowest BCUT2D eigenvalue weighted by Crippen LogP contribution is -2.44. The number of aliphatic hydroxyl groups excluding tert-OH is 1. The third-order valence-corrected chi connectivity index (χ3v) is 4.10. The predicted molar refractivity (Wildman–Crippen MR) is 83.7 cm³/mol. The number of nitro benzene ring substituents is 1. The molecular formula is C16H24N2O4. The van der Waals surface area contributed by atoms with Crippen LogP contribution in [0.2, 0.25) is 0 Å². The van der Waals surface area contributed by atoms with Gasteiger partial charge in [-0.3, -0.25) is 10.1 Å². The van der Waals surface area contributed by atoms with Crippen LogP contribution < -0.4 is 5.32 Å². The van der Waals surface area contributed by atoms with Crippen LogP contribution >= 0.6 is 0 Å². The summed E-state index contributed by atoms with van der Waals surface area (Å²) in [5.74, 6) is 0. The number of rotatable bonds is 5. The Labute approximate surface area is 130 Å². The summed E-state index contributed by atoms with van der Waals surface area (Å²) in [6, 6.07) is 6.23. The first-order chi connectivity index (χ1) is 10.1. The number of nitrogens with zero attached hydrogens (tertiary/aromatic N) is 1. The molecule has 0 spiro atoms. The summed E-state index contributed by atoms with van der Waals surface area (Å²) in [4.78, 5) is 10.3. The van der Waals surface area contributed by atoms with Gasteiger partial charge in [0.05, 0.1) is 22.2 Å². The van der Waals surface area contributed by atoms with Gasteiger partial charge in [-0.1, -0.05) is 12.1 Å². The Hall–Kier alpha value is -1.50. The maximum atomic E-state index is 10.8. The number of non-ortho nitro benzene ring substituents is 1. The van der Waals surface area contributed by atoms with E-state index in [2.05, 4.69) is 5.32 Å². The third kappa shape index (κ3) is 3.82. The minimum Gasteiger partial charge on any atom is -0.387 e. The van der Waals surface area contributed by atoms with E-state index in [1.54, 1.807) is 12.1 Å². The first-order valence-electron chi connectivity index (χ1n) is 7.47. The van der Waals surface area contributed by atoms with Crippen LogP contribution in [-0.4, -0.2) is 33.8 Å². The molecule has 2 N–H and O–H groups in total. The molecule has 1 fully saturated rings. The lowest BCUT2D eigenvalue weighted by atomic mass is 9.94. The molecule has 0 aromatic heterocycles. The van der Waals surface area contributed by atoms with Crippen molar-refractivity contribution in [3.8, 4) is 0 Å². The summed E-state index contributed by atoms with van der Waals surface area (Å²) in [5.41, 5.74) is 0.0173. The van der Waals surface area contributed by atoms with Crippen LogP contribution in [0.3, 0.4) is 0 Å².